The highest BCUT2D eigenvalue weighted by molar-refractivity contribution is 5.85. The molecule has 2 fully saturated rings. The van der Waals surface area contributed by atoms with Crippen molar-refractivity contribution in [2.45, 2.75) is 119 Å². The van der Waals surface area contributed by atoms with Crippen molar-refractivity contribution in [1.82, 2.24) is 0 Å². The molecule has 2 N–H and O–H groups in total. The molecule has 4 aliphatic carbocycles. The standard InChI is InChI=1S/C34H50O7/c1-19(30(38)39)10-12-26(37)20(2)25-18-29(41-22(4)36)34(9)24-11-13-27-31(5,6)28(40-21(3)35)15-16-32(27,7)23(24)14-17-33(25,34)8/h10-11,14,20,25-29,37H,12-13,15-18H2,1-9H3,(H,38,39)/b19-10+/t20?,25-,26-,27?,28-,29+,32-,33-,34-/m1/s1. The van der Waals surface area contributed by atoms with Gasteiger partial charge in [0.15, 0.2) is 0 Å². The Bertz CT molecular complexity index is 1190. The summed E-state index contributed by atoms with van der Waals surface area (Å²) in [4.78, 5) is 35.6. The Morgan fingerprint density at radius 1 is 1.00 bits per heavy atom. The van der Waals surface area contributed by atoms with Crippen molar-refractivity contribution >= 4 is 17.9 Å². The number of ether oxygens (including phenoxy) is 2. The Labute approximate surface area is 245 Å². The highest BCUT2D eigenvalue weighted by Crippen LogP contribution is 2.72. The van der Waals surface area contributed by atoms with Crippen LogP contribution in [0.5, 0.6) is 0 Å². The van der Waals surface area contributed by atoms with Gasteiger partial charge in [-0.2, -0.15) is 0 Å². The van der Waals surface area contributed by atoms with Crippen LogP contribution >= 0.6 is 0 Å². The van der Waals surface area contributed by atoms with Crippen LogP contribution in [0.15, 0.2) is 34.9 Å². The van der Waals surface area contributed by atoms with Crippen molar-refractivity contribution in [1.29, 1.82) is 0 Å². The maximum Gasteiger partial charge on any atom is 0.330 e. The normalized spacial score (nSPS) is 39.2. The summed E-state index contributed by atoms with van der Waals surface area (Å²) in [5.41, 5.74) is 1.82. The number of fused-ring (bicyclic) bond motifs is 5. The van der Waals surface area contributed by atoms with Crippen LogP contribution in [0, 0.1) is 39.4 Å². The fraction of sp³-hybridized carbons (Fsp3) is 0.735. The molecule has 0 bridgehead atoms. The fourth-order valence-electron chi connectivity index (χ4n) is 9.47. The molecule has 9 atom stereocenters. The van der Waals surface area contributed by atoms with Crippen LogP contribution < -0.4 is 0 Å². The third kappa shape index (κ3) is 4.90. The van der Waals surface area contributed by atoms with E-state index in [1.54, 1.807) is 13.0 Å². The Kier molecular flexibility index (Phi) is 8.22. The number of esters is 2. The Morgan fingerprint density at radius 3 is 2.20 bits per heavy atom. The number of carbonyl (C=O) groups excluding carboxylic acids is 2. The first-order valence-corrected chi connectivity index (χ1v) is 15.3. The van der Waals surface area contributed by atoms with Gasteiger partial charge in [-0.3, -0.25) is 9.59 Å². The molecular weight excluding hydrogens is 520 g/mol. The summed E-state index contributed by atoms with van der Waals surface area (Å²) in [5, 5.41) is 20.5. The molecular formula is C34H50O7. The highest BCUT2D eigenvalue weighted by atomic mass is 16.5. The number of carbonyl (C=O) groups is 3. The maximum absolute atomic E-state index is 12.4. The summed E-state index contributed by atoms with van der Waals surface area (Å²) in [7, 11) is 0. The van der Waals surface area contributed by atoms with E-state index in [0.29, 0.717) is 12.3 Å². The molecule has 0 heterocycles. The van der Waals surface area contributed by atoms with Gasteiger partial charge in [0.25, 0.3) is 0 Å². The van der Waals surface area contributed by atoms with Crippen LogP contribution in [0.4, 0.5) is 0 Å². The van der Waals surface area contributed by atoms with E-state index < -0.39 is 17.5 Å². The summed E-state index contributed by atoms with van der Waals surface area (Å²) >= 11 is 0. The van der Waals surface area contributed by atoms with E-state index in [4.69, 9.17) is 9.47 Å². The van der Waals surface area contributed by atoms with E-state index in [1.807, 2.05) is 6.92 Å². The van der Waals surface area contributed by atoms with Gasteiger partial charge in [-0.1, -0.05) is 59.8 Å². The van der Waals surface area contributed by atoms with Crippen molar-refractivity contribution in [2.75, 3.05) is 0 Å². The molecule has 4 aliphatic rings. The van der Waals surface area contributed by atoms with Gasteiger partial charge in [0, 0.05) is 30.3 Å². The number of hydrogen-bond acceptors (Lipinski definition) is 6. The van der Waals surface area contributed by atoms with Gasteiger partial charge in [-0.25, -0.2) is 4.79 Å². The van der Waals surface area contributed by atoms with Gasteiger partial charge in [0.1, 0.15) is 12.2 Å². The molecule has 228 valence electrons. The van der Waals surface area contributed by atoms with Crippen LogP contribution in [0.2, 0.25) is 0 Å². The first-order valence-electron chi connectivity index (χ1n) is 15.3. The maximum atomic E-state index is 12.4. The van der Waals surface area contributed by atoms with E-state index in [9.17, 15) is 24.6 Å². The summed E-state index contributed by atoms with van der Waals surface area (Å²) < 4.78 is 11.9. The zero-order valence-corrected chi connectivity index (χ0v) is 26.4. The number of allylic oxidation sites excluding steroid dienone is 3. The average Bonchev–Trinajstić information content (AvgIpc) is 3.10. The number of aliphatic carboxylic acids is 1. The van der Waals surface area contributed by atoms with Gasteiger partial charge in [0.05, 0.1) is 6.10 Å². The lowest BCUT2D eigenvalue weighted by Gasteiger charge is -2.61. The molecule has 2 unspecified atom stereocenters. The van der Waals surface area contributed by atoms with Gasteiger partial charge < -0.3 is 19.7 Å². The van der Waals surface area contributed by atoms with E-state index in [1.165, 1.54) is 25.0 Å². The zero-order chi connectivity index (χ0) is 30.7. The second kappa shape index (κ2) is 10.7. The molecule has 7 heteroatoms. The topological polar surface area (TPSA) is 110 Å². The van der Waals surface area contributed by atoms with Crippen molar-refractivity contribution in [3.8, 4) is 0 Å². The number of carboxylic acids is 1. The summed E-state index contributed by atoms with van der Waals surface area (Å²) in [5.74, 6) is -1.28. The molecule has 2 saturated carbocycles. The quantitative estimate of drug-likeness (QED) is 0.269. The lowest BCUT2D eigenvalue weighted by Crippen LogP contribution is -2.56. The van der Waals surface area contributed by atoms with Crippen molar-refractivity contribution in [2.24, 2.45) is 39.4 Å². The molecule has 0 aliphatic heterocycles. The van der Waals surface area contributed by atoms with Crippen molar-refractivity contribution in [3.05, 3.63) is 34.9 Å². The SMILES string of the molecule is CC(=O)O[C@H]1C[C@H](C(C)[C@H](O)C/C=C(\C)C(=O)O)[C@@]2(C)CC=C3C(=CCC4C(C)(C)[C@H](OC(C)=O)CC[C@]34C)[C@]12C. The largest absolute Gasteiger partial charge is 0.478 e. The second-order valence-corrected chi connectivity index (χ2v) is 14.5. The molecule has 4 rings (SSSR count). The van der Waals surface area contributed by atoms with Crippen LogP contribution in [0.3, 0.4) is 0 Å². The monoisotopic (exact) mass is 570 g/mol. The molecule has 0 aromatic rings. The molecule has 0 aromatic heterocycles. The van der Waals surface area contributed by atoms with E-state index in [0.717, 1.165) is 25.7 Å². The van der Waals surface area contributed by atoms with Gasteiger partial charge >= 0.3 is 17.9 Å². The average molecular weight is 571 g/mol. The summed E-state index contributed by atoms with van der Waals surface area (Å²) in [6, 6.07) is 0. The molecule has 0 spiro atoms. The molecule has 0 radical (unpaired) electrons. The lowest BCUT2D eigenvalue weighted by molar-refractivity contribution is -0.166. The Morgan fingerprint density at radius 2 is 1.61 bits per heavy atom. The predicted octanol–water partition coefficient (Wildman–Crippen LogP) is 6.40. The number of hydrogen-bond donors (Lipinski definition) is 2. The summed E-state index contributed by atoms with van der Waals surface area (Å²) in [6.07, 6.45) is 9.51. The van der Waals surface area contributed by atoms with Gasteiger partial charge in [-0.05, 0) is 85.2 Å². The van der Waals surface area contributed by atoms with Crippen molar-refractivity contribution in [3.63, 3.8) is 0 Å². The van der Waals surface area contributed by atoms with Crippen LogP contribution in [-0.4, -0.2) is 46.4 Å². The minimum absolute atomic E-state index is 0.0609. The molecule has 0 saturated heterocycles. The minimum Gasteiger partial charge on any atom is -0.478 e. The zero-order valence-electron chi connectivity index (χ0n) is 26.4. The third-order valence-corrected chi connectivity index (χ3v) is 12.2. The first kappa shape index (κ1) is 31.5. The molecule has 0 amide bonds. The number of aliphatic hydroxyl groups is 1. The van der Waals surface area contributed by atoms with E-state index in [2.05, 4.69) is 46.8 Å². The molecule has 7 nitrogen and oxygen atoms in total. The van der Waals surface area contributed by atoms with Gasteiger partial charge in [0.2, 0.25) is 0 Å². The molecule has 41 heavy (non-hydrogen) atoms. The summed E-state index contributed by atoms with van der Waals surface area (Å²) in [6.45, 7) is 17.9. The first-order chi connectivity index (χ1) is 18.9. The predicted molar refractivity (Wildman–Crippen MR) is 157 cm³/mol. The lowest BCUT2D eigenvalue weighted by atomic mass is 9.44. The highest BCUT2D eigenvalue weighted by Gasteiger charge is 2.68. The smallest absolute Gasteiger partial charge is 0.330 e. The van der Waals surface area contributed by atoms with Crippen LogP contribution in [0.25, 0.3) is 0 Å². The van der Waals surface area contributed by atoms with E-state index >= 15 is 0 Å². The minimum atomic E-state index is -0.980. The Balaban J connectivity index is 1.74. The fourth-order valence-corrected chi connectivity index (χ4v) is 9.47. The molecule has 0 aromatic carbocycles. The van der Waals surface area contributed by atoms with Crippen molar-refractivity contribution < 1.29 is 34.1 Å². The Hall–Kier alpha value is -2.41. The number of carboxylic acid groups (broad SMARTS) is 1. The van der Waals surface area contributed by atoms with Crippen LogP contribution in [-0.2, 0) is 23.9 Å². The van der Waals surface area contributed by atoms with Gasteiger partial charge in [-0.15, -0.1) is 0 Å². The van der Waals surface area contributed by atoms with Crippen LogP contribution in [0.1, 0.15) is 101 Å². The second-order valence-electron chi connectivity index (χ2n) is 14.5. The van der Waals surface area contributed by atoms with E-state index in [-0.39, 0.29) is 64.2 Å². The third-order valence-electron chi connectivity index (χ3n) is 12.2. The number of rotatable bonds is 7. The number of aliphatic hydroxyl groups excluding tert-OH is 1.